The molecule has 2 saturated heterocycles. The summed E-state index contributed by atoms with van der Waals surface area (Å²) in [7, 11) is 0. The summed E-state index contributed by atoms with van der Waals surface area (Å²) in [6.45, 7) is 2.75. The standard InChI is InChI=1S/C19H36O9/c1-12-15(25)16-17(26-12)19(10-13(23)11-22,18(2,28-16)7-9-21)27-14(24)6-4-3-5-8-20/h12-17,20-25H,3-11H2,1-2H3/t12?,13?,14?,15-,16-,17+,18?,19-/m1/s1. The van der Waals surface area contributed by atoms with E-state index in [1.54, 1.807) is 13.8 Å². The Labute approximate surface area is 165 Å². The van der Waals surface area contributed by atoms with Crippen LogP contribution in [0.5, 0.6) is 0 Å². The van der Waals surface area contributed by atoms with Crippen LogP contribution in [0, 0.1) is 0 Å². The van der Waals surface area contributed by atoms with E-state index in [0.717, 1.165) is 6.42 Å². The number of rotatable bonds is 12. The van der Waals surface area contributed by atoms with Crippen LogP contribution in [0.25, 0.3) is 0 Å². The summed E-state index contributed by atoms with van der Waals surface area (Å²) in [6.07, 6.45) is -2.95. The number of aliphatic hydroxyl groups is 6. The van der Waals surface area contributed by atoms with Crippen LogP contribution in [-0.4, -0.2) is 98.5 Å². The summed E-state index contributed by atoms with van der Waals surface area (Å²) in [4.78, 5) is 0. The first-order valence-electron chi connectivity index (χ1n) is 10.1. The highest BCUT2D eigenvalue weighted by Gasteiger charge is 2.70. The first-order valence-corrected chi connectivity index (χ1v) is 10.1. The predicted molar refractivity (Wildman–Crippen MR) is 98.4 cm³/mol. The fraction of sp³-hybridized carbons (Fsp3) is 1.00. The van der Waals surface area contributed by atoms with Crippen LogP contribution in [0.15, 0.2) is 0 Å². The Bertz CT molecular complexity index is 478. The molecule has 0 aliphatic carbocycles. The van der Waals surface area contributed by atoms with Crippen LogP contribution < -0.4 is 0 Å². The number of fused-ring (bicyclic) bond motifs is 1. The average Bonchev–Trinajstić information content (AvgIpc) is 3.04. The van der Waals surface area contributed by atoms with Crippen LogP contribution in [0.3, 0.4) is 0 Å². The second kappa shape index (κ2) is 10.1. The van der Waals surface area contributed by atoms with Gasteiger partial charge < -0.3 is 44.8 Å². The van der Waals surface area contributed by atoms with Crippen LogP contribution in [0.4, 0.5) is 0 Å². The highest BCUT2D eigenvalue weighted by molar-refractivity contribution is 5.18. The maximum absolute atomic E-state index is 10.5. The molecule has 0 bridgehead atoms. The maximum Gasteiger partial charge on any atom is 0.155 e. The normalized spacial score (nSPS) is 39.9. The van der Waals surface area contributed by atoms with Crippen molar-refractivity contribution in [3.05, 3.63) is 0 Å². The Hall–Kier alpha value is -0.360. The van der Waals surface area contributed by atoms with E-state index in [-0.39, 0.29) is 26.1 Å². The molecular formula is C19H36O9. The van der Waals surface area contributed by atoms with E-state index >= 15 is 0 Å². The van der Waals surface area contributed by atoms with Crippen molar-refractivity contribution in [1.82, 2.24) is 0 Å². The Morgan fingerprint density at radius 1 is 1.07 bits per heavy atom. The molecule has 9 nitrogen and oxygen atoms in total. The van der Waals surface area contributed by atoms with E-state index in [9.17, 15) is 25.5 Å². The summed E-state index contributed by atoms with van der Waals surface area (Å²) < 4.78 is 18.1. The minimum absolute atomic E-state index is 0.0827. The number of hydrogen-bond donors (Lipinski definition) is 6. The molecule has 0 aromatic heterocycles. The quantitative estimate of drug-likeness (QED) is 0.177. The minimum Gasteiger partial charge on any atom is -0.396 e. The van der Waals surface area contributed by atoms with Gasteiger partial charge in [-0.3, -0.25) is 0 Å². The first-order chi connectivity index (χ1) is 13.2. The lowest BCUT2D eigenvalue weighted by Crippen LogP contribution is -2.60. The monoisotopic (exact) mass is 408 g/mol. The molecule has 0 aromatic carbocycles. The van der Waals surface area contributed by atoms with Crippen LogP contribution in [0.2, 0.25) is 0 Å². The fourth-order valence-corrected chi connectivity index (χ4v) is 4.42. The molecular weight excluding hydrogens is 372 g/mol. The SMILES string of the molecule is CC1O[C@H]2[C@H](OC(C)(CCO)[C@]2(CC(O)CO)OC(O)CCCCCO)[C@@H]1O. The second-order valence-electron chi connectivity index (χ2n) is 8.11. The molecule has 4 unspecified atom stereocenters. The highest BCUT2D eigenvalue weighted by Crippen LogP contribution is 2.53. The van der Waals surface area contributed by atoms with Gasteiger partial charge in [-0.05, 0) is 33.1 Å². The fourth-order valence-electron chi connectivity index (χ4n) is 4.42. The molecule has 2 aliphatic rings. The molecule has 2 heterocycles. The molecule has 2 rings (SSSR count). The molecule has 166 valence electrons. The van der Waals surface area contributed by atoms with Crippen LogP contribution in [-0.2, 0) is 14.2 Å². The number of unbranched alkanes of at least 4 members (excludes halogenated alkanes) is 2. The van der Waals surface area contributed by atoms with Crippen molar-refractivity contribution >= 4 is 0 Å². The van der Waals surface area contributed by atoms with Gasteiger partial charge in [-0.25, -0.2) is 0 Å². The Balaban J connectivity index is 2.30. The van der Waals surface area contributed by atoms with E-state index in [0.29, 0.717) is 19.3 Å². The lowest BCUT2D eigenvalue weighted by atomic mass is 9.75. The number of aliphatic hydroxyl groups excluding tert-OH is 6. The Morgan fingerprint density at radius 3 is 2.39 bits per heavy atom. The summed E-state index contributed by atoms with van der Waals surface area (Å²) in [5, 5.41) is 59.1. The van der Waals surface area contributed by atoms with E-state index in [4.69, 9.17) is 19.3 Å². The zero-order valence-electron chi connectivity index (χ0n) is 16.7. The summed E-state index contributed by atoms with van der Waals surface area (Å²) in [5.74, 6) is 0. The topological polar surface area (TPSA) is 149 Å². The predicted octanol–water partition coefficient (Wildman–Crippen LogP) is -0.956. The van der Waals surface area contributed by atoms with Crippen molar-refractivity contribution in [2.75, 3.05) is 19.8 Å². The second-order valence-corrected chi connectivity index (χ2v) is 8.11. The molecule has 28 heavy (non-hydrogen) atoms. The summed E-state index contributed by atoms with van der Waals surface area (Å²) in [5.41, 5.74) is -2.52. The zero-order valence-corrected chi connectivity index (χ0v) is 16.7. The van der Waals surface area contributed by atoms with Gasteiger partial charge in [0.15, 0.2) is 6.29 Å². The van der Waals surface area contributed by atoms with Gasteiger partial charge in [-0.15, -0.1) is 0 Å². The van der Waals surface area contributed by atoms with E-state index in [1.807, 2.05) is 0 Å². The van der Waals surface area contributed by atoms with Crippen molar-refractivity contribution in [2.24, 2.45) is 0 Å². The third-order valence-electron chi connectivity index (χ3n) is 6.02. The minimum atomic E-state index is -1.37. The van der Waals surface area contributed by atoms with E-state index in [1.165, 1.54) is 0 Å². The lowest BCUT2D eigenvalue weighted by molar-refractivity contribution is -0.271. The van der Waals surface area contributed by atoms with Crippen molar-refractivity contribution in [2.45, 2.75) is 100 Å². The van der Waals surface area contributed by atoms with Crippen molar-refractivity contribution in [3.8, 4) is 0 Å². The average molecular weight is 408 g/mol. The summed E-state index contributed by atoms with van der Waals surface area (Å²) in [6, 6.07) is 0. The smallest absolute Gasteiger partial charge is 0.155 e. The molecule has 0 radical (unpaired) electrons. The molecule has 2 fully saturated rings. The molecule has 0 amide bonds. The Morgan fingerprint density at radius 2 is 1.79 bits per heavy atom. The van der Waals surface area contributed by atoms with Gasteiger partial charge in [0.05, 0.1) is 24.4 Å². The first kappa shape index (κ1) is 23.9. The van der Waals surface area contributed by atoms with E-state index in [2.05, 4.69) is 0 Å². The van der Waals surface area contributed by atoms with Gasteiger partial charge in [-0.1, -0.05) is 6.42 Å². The van der Waals surface area contributed by atoms with Crippen molar-refractivity contribution in [1.29, 1.82) is 0 Å². The molecule has 2 aliphatic heterocycles. The van der Waals surface area contributed by atoms with Gasteiger partial charge in [0, 0.05) is 26.1 Å². The third-order valence-corrected chi connectivity index (χ3v) is 6.02. The van der Waals surface area contributed by atoms with Gasteiger partial charge in [-0.2, -0.15) is 0 Å². The molecule has 0 saturated carbocycles. The van der Waals surface area contributed by atoms with Crippen molar-refractivity contribution < 1.29 is 44.8 Å². The summed E-state index contributed by atoms with van der Waals surface area (Å²) >= 11 is 0. The van der Waals surface area contributed by atoms with Gasteiger partial charge in [0.2, 0.25) is 0 Å². The highest BCUT2D eigenvalue weighted by atomic mass is 16.7. The van der Waals surface area contributed by atoms with E-state index < -0.39 is 54.6 Å². The zero-order chi connectivity index (χ0) is 20.9. The molecule has 8 atom stereocenters. The molecule has 0 spiro atoms. The van der Waals surface area contributed by atoms with Gasteiger partial charge in [0.1, 0.15) is 23.9 Å². The maximum atomic E-state index is 10.5. The number of hydrogen-bond acceptors (Lipinski definition) is 9. The number of ether oxygens (including phenoxy) is 3. The van der Waals surface area contributed by atoms with Crippen LogP contribution in [0.1, 0.15) is 52.4 Å². The lowest BCUT2D eigenvalue weighted by Gasteiger charge is -2.46. The largest absolute Gasteiger partial charge is 0.396 e. The van der Waals surface area contributed by atoms with Gasteiger partial charge >= 0.3 is 0 Å². The third kappa shape index (κ3) is 4.69. The van der Waals surface area contributed by atoms with Gasteiger partial charge in [0.25, 0.3) is 0 Å². The van der Waals surface area contributed by atoms with Crippen molar-refractivity contribution in [3.63, 3.8) is 0 Å². The van der Waals surface area contributed by atoms with Crippen LogP contribution >= 0.6 is 0 Å². The molecule has 6 N–H and O–H groups in total. The Kier molecular flexibility index (Phi) is 8.63. The molecule has 0 aromatic rings. The molecule has 9 heteroatoms.